The van der Waals surface area contributed by atoms with Gasteiger partial charge in [-0.2, -0.15) is 0 Å². The number of nitrogens with zero attached hydrogens (tertiary/aromatic N) is 3. The lowest BCUT2D eigenvalue weighted by Gasteiger charge is -2.53. The average molecular weight is 627 g/mol. The van der Waals surface area contributed by atoms with E-state index < -0.39 is 30.0 Å². The molecule has 4 aliphatic heterocycles. The molecule has 4 heterocycles. The molecule has 0 bridgehead atoms. The third-order valence-electron chi connectivity index (χ3n) is 11.6. The minimum Gasteiger partial charge on any atom is -0.489 e. The van der Waals surface area contributed by atoms with Gasteiger partial charge < -0.3 is 14.5 Å². The van der Waals surface area contributed by atoms with Gasteiger partial charge >= 0.3 is 0 Å². The van der Waals surface area contributed by atoms with Gasteiger partial charge in [-0.25, -0.2) is 8.78 Å². The molecule has 3 saturated heterocycles. The minimum atomic E-state index is -2.87. The van der Waals surface area contributed by atoms with Gasteiger partial charge in [-0.1, -0.05) is 19.8 Å². The Balaban J connectivity index is 0.969. The van der Waals surface area contributed by atoms with Crippen molar-refractivity contribution in [2.45, 2.75) is 108 Å². The molecule has 9 nitrogen and oxygen atoms in total. The summed E-state index contributed by atoms with van der Waals surface area (Å²) in [5.41, 5.74) is 0.952. The molecule has 5 fully saturated rings. The van der Waals surface area contributed by atoms with Gasteiger partial charge in [0.05, 0.1) is 0 Å². The number of benzene rings is 1. The van der Waals surface area contributed by atoms with Gasteiger partial charge in [-0.3, -0.25) is 29.4 Å². The molecular weight excluding hydrogens is 582 g/mol. The number of halogens is 2. The molecule has 1 unspecified atom stereocenters. The first-order chi connectivity index (χ1) is 21.5. The lowest BCUT2D eigenvalue weighted by Crippen LogP contribution is -2.66. The highest BCUT2D eigenvalue weighted by Gasteiger charge is 2.55. The van der Waals surface area contributed by atoms with Crippen molar-refractivity contribution in [1.82, 2.24) is 20.0 Å². The Morgan fingerprint density at radius 1 is 0.956 bits per heavy atom. The zero-order chi connectivity index (χ0) is 31.5. The normalized spacial score (nSPS) is 30.6. The molecule has 7 rings (SSSR count). The molecule has 244 valence electrons. The van der Waals surface area contributed by atoms with E-state index in [0.29, 0.717) is 60.6 Å². The standard InChI is InChI=1S/C34H44F2N4O5/c1-33(12-2-3-13-33)32(44)38-15-10-21(11-16-38)23-18-39(19-23)29-27(5-4-14-34(29,35)36)45-24-6-7-25-22(17-24)20-40(31(25)43)26-8-9-28(41)37-30(26)42/h6-7,17,21,23,26-27,29H,2-5,8-16,18-20H2,1H3,(H,37,41,42)/t26?,27-,29+/m1/s1. The predicted octanol–water partition coefficient (Wildman–Crippen LogP) is 4.13. The number of hydrogen-bond acceptors (Lipinski definition) is 6. The highest BCUT2D eigenvalue weighted by molar-refractivity contribution is 6.05. The second-order valence-corrected chi connectivity index (χ2v) is 14.6. The number of likely N-dealkylation sites (tertiary alicyclic amines) is 2. The summed E-state index contributed by atoms with van der Waals surface area (Å²) < 4.78 is 37.3. The average Bonchev–Trinajstić information content (AvgIpc) is 3.57. The summed E-state index contributed by atoms with van der Waals surface area (Å²) in [5, 5.41) is 2.31. The van der Waals surface area contributed by atoms with E-state index in [1.807, 2.05) is 9.80 Å². The van der Waals surface area contributed by atoms with E-state index in [1.54, 1.807) is 18.2 Å². The second kappa shape index (κ2) is 11.6. The van der Waals surface area contributed by atoms with Crippen molar-refractivity contribution < 1.29 is 32.7 Å². The molecule has 4 amide bonds. The van der Waals surface area contributed by atoms with Crippen LogP contribution in [0.15, 0.2) is 18.2 Å². The maximum absolute atomic E-state index is 15.5. The quantitative estimate of drug-likeness (QED) is 0.477. The highest BCUT2D eigenvalue weighted by Crippen LogP contribution is 2.45. The molecule has 6 aliphatic rings. The van der Waals surface area contributed by atoms with Crippen molar-refractivity contribution in [3.05, 3.63) is 29.3 Å². The third-order valence-corrected chi connectivity index (χ3v) is 11.6. The number of nitrogens with one attached hydrogen (secondary N) is 1. The van der Waals surface area contributed by atoms with Gasteiger partial charge in [-0.05, 0) is 80.5 Å². The smallest absolute Gasteiger partial charge is 0.266 e. The number of alkyl halides is 2. The van der Waals surface area contributed by atoms with Crippen LogP contribution in [-0.2, 0) is 20.9 Å². The van der Waals surface area contributed by atoms with Crippen molar-refractivity contribution in [3.63, 3.8) is 0 Å². The molecule has 0 spiro atoms. The molecule has 11 heteroatoms. The fraction of sp³-hybridized carbons (Fsp3) is 0.706. The number of carbonyl (C=O) groups excluding carboxylic acids is 4. The van der Waals surface area contributed by atoms with Crippen LogP contribution < -0.4 is 10.1 Å². The number of carbonyl (C=O) groups is 4. The summed E-state index contributed by atoms with van der Waals surface area (Å²) in [6.45, 7) is 5.09. The van der Waals surface area contributed by atoms with Gasteiger partial charge in [0.2, 0.25) is 17.7 Å². The monoisotopic (exact) mass is 626 g/mol. The van der Waals surface area contributed by atoms with Crippen LogP contribution in [0.1, 0.15) is 93.5 Å². The maximum Gasteiger partial charge on any atom is 0.266 e. The van der Waals surface area contributed by atoms with Crippen molar-refractivity contribution in [3.8, 4) is 5.75 Å². The topological polar surface area (TPSA) is 99.3 Å². The molecule has 3 atom stereocenters. The van der Waals surface area contributed by atoms with Crippen LogP contribution in [0.3, 0.4) is 0 Å². The Labute approximate surface area is 263 Å². The van der Waals surface area contributed by atoms with Crippen molar-refractivity contribution >= 4 is 23.6 Å². The van der Waals surface area contributed by atoms with Crippen LogP contribution in [0, 0.1) is 17.3 Å². The number of ether oxygens (including phenoxy) is 1. The van der Waals surface area contributed by atoms with Gasteiger partial charge in [0.1, 0.15) is 23.9 Å². The van der Waals surface area contributed by atoms with E-state index >= 15 is 8.78 Å². The summed E-state index contributed by atoms with van der Waals surface area (Å²) in [6.07, 6.45) is 6.61. The van der Waals surface area contributed by atoms with E-state index in [-0.39, 0.29) is 43.0 Å². The third kappa shape index (κ3) is 5.63. The van der Waals surface area contributed by atoms with Crippen LogP contribution in [0.25, 0.3) is 0 Å². The number of rotatable bonds is 6. The van der Waals surface area contributed by atoms with E-state index in [9.17, 15) is 19.2 Å². The summed E-state index contributed by atoms with van der Waals surface area (Å²) in [5.74, 6) is -2.40. The van der Waals surface area contributed by atoms with E-state index in [1.165, 1.54) is 4.90 Å². The fourth-order valence-corrected chi connectivity index (χ4v) is 8.94. The van der Waals surface area contributed by atoms with Crippen LogP contribution in [0.4, 0.5) is 8.78 Å². The van der Waals surface area contributed by atoms with Gasteiger partial charge in [0.15, 0.2) is 0 Å². The Morgan fingerprint density at radius 3 is 2.40 bits per heavy atom. The molecule has 0 aromatic heterocycles. The molecule has 2 saturated carbocycles. The van der Waals surface area contributed by atoms with Crippen LogP contribution in [-0.4, -0.2) is 88.6 Å². The first kappa shape index (κ1) is 30.6. The number of fused-ring (bicyclic) bond motifs is 1. The van der Waals surface area contributed by atoms with E-state index in [0.717, 1.165) is 51.6 Å². The summed E-state index contributed by atoms with van der Waals surface area (Å²) in [6, 6.07) is 3.33. The van der Waals surface area contributed by atoms with Crippen molar-refractivity contribution in [2.75, 3.05) is 26.2 Å². The molecule has 1 aromatic carbocycles. The lowest BCUT2D eigenvalue weighted by molar-refractivity contribution is -0.173. The summed E-state index contributed by atoms with van der Waals surface area (Å²) in [7, 11) is 0. The molecule has 45 heavy (non-hydrogen) atoms. The largest absolute Gasteiger partial charge is 0.489 e. The van der Waals surface area contributed by atoms with Crippen LogP contribution in [0.2, 0.25) is 0 Å². The number of piperidine rings is 2. The zero-order valence-corrected chi connectivity index (χ0v) is 26.1. The first-order valence-electron chi connectivity index (χ1n) is 16.9. The molecule has 0 radical (unpaired) electrons. The Hall–Kier alpha value is -3.08. The van der Waals surface area contributed by atoms with E-state index in [2.05, 4.69) is 12.2 Å². The number of imide groups is 1. The zero-order valence-electron chi connectivity index (χ0n) is 26.1. The molecule has 2 aliphatic carbocycles. The Kier molecular flexibility index (Phi) is 7.89. The minimum absolute atomic E-state index is 0.155. The maximum atomic E-state index is 15.5. The van der Waals surface area contributed by atoms with Crippen molar-refractivity contribution in [2.24, 2.45) is 17.3 Å². The number of amides is 4. The summed E-state index contributed by atoms with van der Waals surface area (Å²) in [4.78, 5) is 55.6. The molecule has 1 aromatic rings. The molecule has 1 N–H and O–H groups in total. The molecular formula is C34H44F2N4O5. The fourth-order valence-electron chi connectivity index (χ4n) is 8.94. The van der Waals surface area contributed by atoms with Crippen LogP contribution in [0.5, 0.6) is 5.75 Å². The summed E-state index contributed by atoms with van der Waals surface area (Å²) >= 11 is 0. The van der Waals surface area contributed by atoms with Gasteiger partial charge in [0.25, 0.3) is 11.8 Å². The van der Waals surface area contributed by atoms with Gasteiger partial charge in [0, 0.05) is 56.5 Å². The lowest BCUT2D eigenvalue weighted by atomic mass is 9.76. The SMILES string of the molecule is CC1(C(=O)N2CCC(C3CN([C@H]4[C@H](Oc5ccc6c(c5)CN(C5CCC(=O)NC5=O)C6=O)CCCC4(F)F)C3)CC2)CCCC1. The first-order valence-corrected chi connectivity index (χ1v) is 16.9. The Morgan fingerprint density at radius 2 is 1.69 bits per heavy atom. The Bertz CT molecular complexity index is 1370. The van der Waals surface area contributed by atoms with Crippen molar-refractivity contribution in [1.29, 1.82) is 0 Å². The predicted molar refractivity (Wildman–Crippen MR) is 160 cm³/mol. The highest BCUT2D eigenvalue weighted by atomic mass is 19.3. The van der Waals surface area contributed by atoms with Crippen LogP contribution >= 0.6 is 0 Å². The van der Waals surface area contributed by atoms with Gasteiger partial charge in [-0.15, -0.1) is 0 Å². The van der Waals surface area contributed by atoms with E-state index in [4.69, 9.17) is 4.74 Å². The number of hydrogen-bond donors (Lipinski definition) is 1. The second-order valence-electron chi connectivity index (χ2n) is 14.6.